The summed E-state index contributed by atoms with van der Waals surface area (Å²) in [6, 6.07) is 14.3. The Labute approximate surface area is 206 Å². The Kier molecular flexibility index (Phi) is 10.3. The molecule has 1 N–H and O–H groups in total. The van der Waals surface area contributed by atoms with Gasteiger partial charge in [0.05, 0.1) is 19.6 Å². The Morgan fingerprint density at radius 3 is 2.59 bits per heavy atom. The average Bonchev–Trinajstić information content (AvgIpc) is 2.86. The lowest BCUT2D eigenvalue weighted by Gasteiger charge is -2.29. The number of amides is 1. The van der Waals surface area contributed by atoms with Crippen molar-refractivity contribution >= 4 is 47.0 Å². The molecule has 0 atom stereocenters. The first-order chi connectivity index (χ1) is 16.6. The van der Waals surface area contributed by atoms with E-state index in [2.05, 4.69) is 41.0 Å². The molecule has 0 aromatic heterocycles. The van der Waals surface area contributed by atoms with E-state index >= 15 is 0 Å². The maximum absolute atomic E-state index is 12.4. The van der Waals surface area contributed by atoms with Gasteiger partial charge in [0.1, 0.15) is 18.2 Å². The van der Waals surface area contributed by atoms with Crippen LogP contribution in [0.25, 0.3) is 16.8 Å². The van der Waals surface area contributed by atoms with E-state index in [9.17, 15) is 14.9 Å². The van der Waals surface area contributed by atoms with Gasteiger partial charge in [-0.3, -0.25) is 9.59 Å². The van der Waals surface area contributed by atoms with Crippen LogP contribution in [0.15, 0.2) is 42.0 Å². The number of esters is 1. The lowest BCUT2D eigenvalue weighted by atomic mass is 10.0. The van der Waals surface area contributed by atoms with E-state index in [1.54, 1.807) is 6.08 Å². The van der Waals surface area contributed by atoms with E-state index in [-0.39, 0.29) is 44.3 Å². The Morgan fingerprint density at radius 1 is 1.06 bits per heavy atom. The SMILES string of the molecule is N#C/C(=C\c1ccc2cc(N3CCCCC3)ccc2c1)C(=O)NCCOCCOC(=O)CCS. The minimum absolute atomic E-state index is 0.0324. The van der Waals surface area contributed by atoms with E-state index in [0.29, 0.717) is 5.75 Å². The highest BCUT2D eigenvalue weighted by molar-refractivity contribution is 7.80. The van der Waals surface area contributed by atoms with Crippen LogP contribution in [0.4, 0.5) is 5.69 Å². The van der Waals surface area contributed by atoms with Gasteiger partial charge in [0.2, 0.25) is 0 Å². The molecule has 0 aliphatic carbocycles. The van der Waals surface area contributed by atoms with Gasteiger partial charge >= 0.3 is 5.97 Å². The second-order valence-corrected chi connectivity index (χ2v) is 8.52. The van der Waals surface area contributed by atoms with Gasteiger partial charge in [-0.05, 0) is 59.9 Å². The summed E-state index contributed by atoms with van der Waals surface area (Å²) in [7, 11) is 0. The summed E-state index contributed by atoms with van der Waals surface area (Å²) < 4.78 is 10.3. The molecule has 8 heteroatoms. The van der Waals surface area contributed by atoms with Crippen molar-refractivity contribution in [1.29, 1.82) is 5.26 Å². The molecule has 1 aliphatic rings. The summed E-state index contributed by atoms with van der Waals surface area (Å²) in [5.41, 5.74) is 2.07. The summed E-state index contributed by atoms with van der Waals surface area (Å²) in [5.74, 6) is -0.321. The molecule has 0 radical (unpaired) electrons. The molecule has 7 nitrogen and oxygen atoms in total. The van der Waals surface area contributed by atoms with Crippen molar-refractivity contribution < 1.29 is 19.1 Å². The summed E-state index contributed by atoms with van der Waals surface area (Å²) in [6.45, 7) is 3.10. The van der Waals surface area contributed by atoms with Crippen LogP contribution >= 0.6 is 12.6 Å². The van der Waals surface area contributed by atoms with Gasteiger partial charge in [0.25, 0.3) is 5.91 Å². The van der Waals surface area contributed by atoms with Gasteiger partial charge in [-0.25, -0.2) is 0 Å². The molecule has 0 bridgehead atoms. The predicted molar refractivity (Wildman–Crippen MR) is 137 cm³/mol. The predicted octanol–water partition coefficient (Wildman–Crippen LogP) is 3.73. The number of carbonyl (C=O) groups is 2. The molecule has 1 heterocycles. The molecule has 0 unspecified atom stereocenters. The average molecular weight is 482 g/mol. The zero-order chi connectivity index (χ0) is 24.2. The van der Waals surface area contributed by atoms with Gasteiger partial charge in [0.15, 0.2) is 0 Å². The first-order valence-electron chi connectivity index (χ1n) is 11.6. The molecule has 3 rings (SSSR count). The molecule has 1 saturated heterocycles. The second-order valence-electron chi connectivity index (χ2n) is 8.07. The number of nitrogens with one attached hydrogen (secondary N) is 1. The highest BCUT2D eigenvalue weighted by Gasteiger charge is 2.12. The fourth-order valence-corrected chi connectivity index (χ4v) is 4.00. The van der Waals surface area contributed by atoms with Crippen molar-refractivity contribution in [2.24, 2.45) is 0 Å². The maximum Gasteiger partial charge on any atom is 0.306 e. The van der Waals surface area contributed by atoms with Crippen LogP contribution in [-0.2, 0) is 19.1 Å². The van der Waals surface area contributed by atoms with Crippen LogP contribution in [0.5, 0.6) is 0 Å². The maximum atomic E-state index is 12.4. The third-order valence-electron chi connectivity index (χ3n) is 5.58. The van der Waals surface area contributed by atoms with Crippen LogP contribution in [-0.4, -0.2) is 57.1 Å². The molecule has 2 aromatic rings. The number of hydrogen-bond donors (Lipinski definition) is 2. The highest BCUT2D eigenvalue weighted by atomic mass is 32.1. The van der Waals surface area contributed by atoms with Crippen molar-refractivity contribution in [1.82, 2.24) is 5.32 Å². The smallest absolute Gasteiger partial charge is 0.306 e. The Balaban J connectivity index is 1.50. The van der Waals surface area contributed by atoms with Crippen molar-refractivity contribution in [2.75, 3.05) is 50.1 Å². The lowest BCUT2D eigenvalue weighted by molar-refractivity contribution is -0.144. The number of hydrogen-bond acceptors (Lipinski definition) is 7. The van der Waals surface area contributed by atoms with Gasteiger partial charge in [-0.1, -0.05) is 18.2 Å². The number of piperidine rings is 1. The molecular weight excluding hydrogens is 450 g/mol. The number of ether oxygens (including phenoxy) is 2. The zero-order valence-electron chi connectivity index (χ0n) is 19.3. The normalized spacial score (nSPS) is 14.0. The van der Waals surface area contributed by atoms with E-state index in [4.69, 9.17) is 9.47 Å². The van der Waals surface area contributed by atoms with Gasteiger partial charge in [0, 0.05) is 31.1 Å². The van der Waals surface area contributed by atoms with E-state index < -0.39 is 5.91 Å². The van der Waals surface area contributed by atoms with Crippen LogP contribution in [0.1, 0.15) is 31.2 Å². The zero-order valence-corrected chi connectivity index (χ0v) is 20.2. The van der Waals surface area contributed by atoms with Gasteiger partial charge in [-0.15, -0.1) is 0 Å². The summed E-state index contributed by atoms with van der Waals surface area (Å²) in [6.07, 6.45) is 5.63. The minimum Gasteiger partial charge on any atom is -0.463 e. The molecule has 1 amide bonds. The van der Waals surface area contributed by atoms with E-state index in [1.807, 2.05) is 24.3 Å². The number of anilines is 1. The van der Waals surface area contributed by atoms with Crippen molar-refractivity contribution in [2.45, 2.75) is 25.7 Å². The summed E-state index contributed by atoms with van der Waals surface area (Å²) >= 11 is 3.96. The number of carbonyl (C=O) groups excluding carboxylic acids is 2. The number of nitriles is 1. The van der Waals surface area contributed by atoms with Crippen molar-refractivity contribution in [3.05, 3.63) is 47.5 Å². The van der Waals surface area contributed by atoms with E-state index in [1.165, 1.54) is 24.9 Å². The standard InChI is InChI=1S/C26H31N3O4S/c27-19-23(26(31)28-9-12-32-13-14-33-25(30)8-15-34)17-20-4-5-22-18-24(7-6-21(22)16-20)29-10-2-1-3-11-29/h4-7,16-18,34H,1-3,8-15H2,(H,28,31)/b23-17+. The van der Waals surface area contributed by atoms with Gasteiger partial charge < -0.3 is 19.7 Å². The summed E-state index contributed by atoms with van der Waals surface area (Å²) in [4.78, 5) is 26.0. The van der Waals surface area contributed by atoms with Gasteiger partial charge in [-0.2, -0.15) is 17.9 Å². The lowest BCUT2D eigenvalue weighted by Crippen LogP contribution is -2.29. The molecule has 0 saturated carbocycles. The molecule has 0 spiro atoms. The Bertz CT molecular complexity index is 1060. The number of fused-ring (bicyclic) bond motifs is 1. The fourth-order valence-electron chi connectivity index (χ4n) is 3.82. The second kappa shape index (κ2) is 13.6. The van der Waals surface area contributed by atoms with Crippen molar-refractivity contribution in [3.8, 4) is 6.07 Å². The largest absolute Gasteiger partial charge is 0.463 e. The molecule has 2 aromatic carbocycles. The molecular formula is C26H31N3O4S. The molecule has 34 heavy (non-hydrogen) atoms. The van der Waals surface area contributed by atoms with Crippen LogP contribution in [0, 0.1) is 11.3 Å². The number of rotatable bonds is 11. The van der Waals surface area contributed by atoms with Crippen LogP contribution in [0.2, 0.25) is 0 Å². The minimum atomic E-state index is -0.452. The fraction of sp³-hybridized carbons (Fsp3) is 0.423. The third kappa shape index (κ3) is 7.79. The number of nitrogens with zero attached hydrogens (tertiary/aromatic N) is 2. The number of benzene rings is 2. The van der Waals surface area contributed by atoms with Crippen LogP contribution < -0.4 is 10.2 Å². The first kappa shape index (κ1) is 25.6. The molecule has 1 fully saturated rings. The highest BCUT2D eigenvalue weighted by Crippen LogP contribution is 2.26. The van der Waals surface area contributed by atoms with E-state index in [0.717, 1.165) is 29.4 Å². The summed E-state index contributed by atoms with van der Waals surface area (Å²) in [5, 5.41) is 14.3. The van der Waals surface area contributed by atoms with Crippen molar-refractivity contribution in [3.63, 3.8) is 0 Å². The Hall–Kier alpha value is -3.02. The third-order valence-corrected chi connectivity index (χ3v) is 5.81. The number of thiol groups is 1. The quantitative estimate of drug-likeness (QED) is 0.167. The molecule has 1 aliphatic heterocycles. The topological polar surface area (TPSA) is 91.7 Å². The Morgan fingerprint density at radius 2 is 1.82 bits per heavy atom. The molecule has 180 valence electrons. The first-order valence-corrected chi connectivity index (χ1v) is 12.3. The monoisotopic (exact) mass is 481 g/mol. The van der Waals surface area contributed by atoms with Crippen LogP contribution in [0.3, 0.4) is 0 Å².